The number of rotatable bonds is 2. The quantitative estimate of drug-likeness (QED) is 0.765. The second-order valence-electron chi connectivity index (χ2n) is 5.08. The highest BCUT2D eigenvalue weighted by Gasteiger charge is 2.36. The van der Waals surface area contributed by atoms with E-state index in [9.17, 15) is 9.59 Å². The van der Waals surface area contributed by atoms with Crippen LogP contribution in [0.5, 0.6) is 0 Å². The van der Waals surface area contributed by atoms with Gasteiger partial charge in [-0.25, -0.2) is 4.79 Å². The summed E-state index contributed by atoms with van der Waals surface area (Å²) in [5.41, 5.74) is -0.509. The summed E-state index contributed by atoms with van der Waals surface area (Å²) in [6, 6.07) is -0.296. The van der Waals surface area contributed by atoms with E-state index in [1.165, 1.54) is 11.8 Å². The van der Waals surface area contributed by atoms with Gasteiger partial charge in [-0.05, 0) is 39.4 Å². The summed E-state index contributed by atoms with van der Waals surface area (Å²) in [5, 5.41) is 0.0795. The molecule has 0 saturated carbocycles. The summed E-state index contributed by atoms with van der Waals surface area (Å²) in [6.07, 6.45) is 1.26. The van der Waals surface area contributed by atoms with E-state index in [0.717, 1.165) is 18.6 Å². The predicted octanol–water partition coefficient (Wildman–Crippen LogP) is 2.67. The molecule has 17 heavy (non-hydrogen) atoms. The van der Waals surface area contributed by atoms with Crippen molar-refractivity contribution in [3.05, 3.63) is 0 Å². The number of amides is 1. The molecule has 0 aliphatic carbocycles. The Morgan fingerprint density at radius 1 is 1.41 bits per heavy atom. The number of carbonyl (C=O) groups excluding carboxylic acids is 2. The second kappa shape index (κ2) is 5.76. The Hall–Kier alpha value is -0.710. The van der Waals surface area contributed by atoms with Crippen molar-refractivity contribution >= 4 is 23.0 Å². The Bertz CT molecular complexity index is 299. The number of ether oxygens (including phenoxy) is 1. The molecule has 0 aromatic heterocycles. The van der Waals surface area contributed by atoms with Crippen molar-refractivity contribution < 1.29 is 14.3 Å². The zero-order valence-corrected chi connectivity index (χ0v) is 11.8. The molecule has 5 heteroatoms. The molecule has 1 saturated heterocycles. The molecule has 1 heterocycles. The van der Waals surface area contributed by atoms with Crippen LogP contribution in [0.1, 0.15) is 40.5 Å². The van der Waals surface area contributed by atoms with E-state index in [4.69, 9.17) is 4.74 Å². The van der Waals surface area contributed by atoms with Gasteiger partial charge in [-0.15, -0.1) is 0 Å². The van der Waals surface area contributed by atoms with Crippen molar-refractivity contribution in [3.63, 3.8) is 0 Å². The highest BCUT2D eigenvalue weighted by Crippen LogP contribution is 2.24. The van der Waals surface area contributed by atoms with Gasteiger partial charge in [0.05, 0.1) is 0 Å². The number of thioether (sulfide) groups is 1. The first-order chi connectivity index (χ1) is 7.85. The van der Waals surface area contributed by atoms with Crippen LogP contribution in [0.25, 0.3) is 0 Å². The van der Waals surface area contributed by atoms with Gasteiger partial charge in [0.1, 0.15) is 11.6 Å². The van der Waals surface area contributed by atoms with Crippen LogP contribution in [0, 0.1) is 0 Å². The predicted molar refractivity (Wildman–Crippen MR) is 69.1 cm³/mol. The van der Waals surface area contributed by atoms with Gasteiger partial charge < -0.3 is 4.74 Å². The molecule has 0 aromatic carbocycles. The number of hydrogen-bond acceptors (Lipinski definition) is 4. The van der Waals surface area contributed by atoms with Crippen LogP contribution in [0.15, 0.2) is 0 Å². The van der Waals surface area contributed by atoms with Gasteiger partial charge in [0.15, 0.2) is 0 Å². The van der Waals surface area contributed by atoms with Gasteiger partial charge in [0.2, 0.25) is 5.12 Å². The van der Waals surface area contributed by atoms with Crippen LogP contribution in [0.2, 0.25) is 0 Å². The van der Waals surface area contributed by atoms with Gasteiger partial charge in [-0.2, -0.15) is 0 Å². The van der Waals surface area contributed by atoms with E-state index >= 15 is 0 Å². The summed E-state index contributed by atoms with van der Waals surface area (Å²) in [6.45, 7) is 8.06. The minimum atomic E-state index is -0.509. The van der Waals surface area contributed by atoms with Crippen molar-refractivity contribution in [2.24, 2.45) is 0 Å². The first-order valence-corrected chi connectivity index (χ1v) is 7.00. The van der Waals surface area contributed by atoms with E-state index in [1.807, 2.05) is 27.7 Å². The lowest BCUT2D eigenvalue weighted by atomic mass is 10.2. The summed E-state index contributed by atoms with van der Waals surface area (Å²) in [5.74, 6) is 0.748. The highest BCUT2D eigenvalue weighted by molar-refractivity contribution is 8.13. The molecule has 1 unspecified atom stereocenters. The monoisotopic (exact) mass is 259 g/mol. The van der Waals surface area contributed by atoms with Crippen LogP contribution < -0.4 is 0 Å². The average molecular weight is 259 g/mol. The van der Waals surface area contributed by atoms with Gasteiger partial charge in [0, 0.05) is 6.54 Å². The molecule has 1 amide bonds. The second-order valence-corrected chi connectivity index (χ2v) is 6.35. The Labute approximate surface area is 107 Å². The molecule has 98 valence electrons. The molecule has 1 fully saturated rings. The maximum atomic E-state index is 11.9. The smallest absolute Gasteiger partial charge is 0.410 e. The van der Waals surface area contributed by atoms with Crippen LogP contribution in [0.3, 0.4) is 0 Å². The van der Waals surface area contributed by atoms with Crippen LogP contribution in [-0.4, -0.2) is 40.0 Å². The first-order valence-electron chi connectivity index (χ1n) is 6.01. The number of likely N-dealkylation sites (tertiary alicyclic amines) is 1. The third-order valence-corrected chi connectivity index (χ3v) is 3.28. The third-order valence-electron chi connectivity index (χ3n) is 2.44. The molecule has 4 nitrogen and oxygen atoms in total. The lowest BCUT2D eigenvalue weighted by Gasteiger charge is -2.27. The fraction of sp³-hybridized carbons (Fsp3) is 0.833. The molecule has 0 aromatic rings. The van der Waals surface area contributed by atoms with Crippen molar-refractivity contribution in [2.45, 2.75) is 52.2 Å². The first kappa shape index (κ1) is 14.4. The molecule has 0 spiro atoms. The number of hydrogen-bond donors (Lipinski definition) is 0. The minimum Gasteiger partial charge on any atom is -0.444 e. The largest absolute Gasteiger partial charge is 0.444 e. The van der Waals surface area contributed by atoms with Crippen molar-refractivity contribution in [3.8, 4) is 0 Å². The maximum absolute atomic E-state index is 11.9. The molecular formula is C12H21NO3S. The SMILES string of the molecule is CCSC(=O)C1CCCN1C(=O)OC(C)(C)C. The fourth-order valence-corrected chi connectivity index (χ4v) is 2.51. The lowest BCUT2D eigenvalue weighted by Crippen LogP contribution is -2.42. The zero-order valence-electron chi connectivity index (χ0n) is 11.0. The van der Waals surface area contributed by atoms with E-state index in [0.29, 0.717) is 6.54 Å². The molecule has 0 bridgehead atoms. The van der Waals surface area contributed by atoms with Crippen LogP contribution >= 0.6 is 11.8 Å². The summed E-state index contributed by atoms with van der Waals surface area (Å²) in [4.78, 5) is 25.3. The van der Waals surface area contributed by atoms with Gasteiger partial charge in [-0.1, -0.05) is 18.7 Å². The average Bonchev–Trinajstić information content (AvgIpc) is 2.63. The van der Waals surface area contributed by atoms with Gasteiger partial charge in [-0.3, -0.25) is 9.69 Å². The maximum Gasteiger partial charge on any atom is 0.410 e. The zero-order chi connectivity index (χ0) is 13.1. The summed E-state index contributed by atoms with van der Waals surface area (Å²) >= 11 is 1.28. The van der Waals surface area contributed by atoms with Gasteiger partial charge >= 0.3 is 6.09 Å². The Balaban J connectivity index is 2.63. The Morgan fingerprint density at radius 3 is 2.59 bits per heavy atom. The summed E-state index contributed by atoms with van der Waals surface area (Å²) < 4.78 is 5.31. The topological polar surface area (TPSA) is 46.6 Å². The van der Waals surface area contributed by atoms with Crippen LogP contribution in [0.4, 0.5) is 4.79 Å². The van der Waals surface area contributed by atoms with Crippen molar-refractivity contribution in [1.82, 2.24) is 4.90 Å². The van der Waals surface area contributed by atoms with Crippen molar-refractivity contribution in [1.29, 1.82) is 0 Å². The fourth-order valence-electron chi connectivity index (χ4n) is 1.79. The van der Waals surface area contributed by atoms with E-state index in [-0.39, 0.29) is 17.3 Å². The Morgan fingerprint density at radius 2 is 2.06 bits per heavy atom. The van der Waals surface area contributed by atoms with Gasteiger partial charge in [0.25, 0.3) is 0 Å². The number of nitrogens with zero attached hydrogens (tertiary/aromatic N) is 1. The molecule has 1 aliphatic rings. The normalized spacial score (nSPS) is 20.5. The third kappa shape index (κ3) is 4.22. The summed E-state index contributed by atoms with van der Waals surface area (Å²) in [7, 11) is 0. The molecular weight excluding hydrogens is 238 g/mol. The standard InChI is InChI=1S/C12H21NO3S/c1-5-17-10(14)9-7-6-8-13(9)11(15)16-12(2,3)4/h9H,5-8H2,1-4H3. The van der Waals surface area contributed by atoms with E-state index in [2.05, 4.69) is 0 Å². The lowest BCUT2D eigenvalue weighted by molar-refractivity contribution is -0.114. The number of carbonyl (C=O) groups is 2. The molecule has 1 rings (SSSR count). The molecule has 1 atom stereocenters. The highest BCUT2D eigenvalue weighted by atomic mass is 32.2. The Kier molecular flexibility index (Phi) is 4.86. The van der Waals surface area contributed by atoms with E-state index in [1.54, 1.807) is 4.90 Å². The minimum absolute atomic E-state index is 0.0795. The van der Waals surface area contributed by atoms with Crippen LogP contribution in [-0.2, 0) is 9.53 Å². The van der Waals surface area contributed by atoms with E-state index < -0.39 is 5.60 Å². The van der Waals surface area contributed by atoms with Crippen molar-refractivity contribution in [2.75, 3.05) is 12.3 Å². The molecule has 0 radical (unpaired) electrons. The molecule has 0 N–H and O–H groups in total. The molecule has 1 aliphatic heterocycles.